The van der Waals surface area contributed by atoms with Gasteiger partial charge in [0.25, 0.3) is 0 Å². The van der Waals surface area contributed by atoms with E-state index in [1.807, 2.05) is 22.7 Å². The summed E-state index contributed by atoms with van der Waals surface area (Å²) in [6.07, 6.45) is 0. The highest BCUT2D eigenvalue weighted by molar-refractivity contribution is 7.32. The van der Waals surface area contributed by atoms with Crippen LogP contribution in [0.25, 0.3) is 42.3 Å². The number of fused-ring (bicyclic) bond motifs is 4. The van der Waals surface area contributed by atoms with Gasteiger partial charge in [0.2, 0.25) is 0 Å². The quantitative estimate of drug-likeness (QED) is 0.226. The standard InChI is InChI=1S/C29H33NS2Si/c1-16-18(3)31-26-23-17(2)28(33(7,8)9)32-27(23)25(30-24(16)26)20-14-19-12-10-11-13-21(19)22(15-20)29(4,5)6/h10-15H,1-9H3. The van der Waals surface area contributed by atoms with Gasteiger partial charge in [-0.3, -0.25) is 0 Å². The van der Waals surface area contributed by atoms with Crippen LogP contribution in [0.2, 0.25) is 19.6 Å². The molecule has 0 aliphatic heterocycles. The van der Waals surface area contributed by atoms with Crippen molar-refractivity contribution in [3.63, 3.8) is 0 Å². The highest BCUT2D eigenvalue weighted by Crippen LogP contribution is 2.44. The lowest BCUT2D eigenvalue weighted by atomic mass is 9.82. The van der Waals surface area contributed by atoms with Crippen molar-refractivity contribution in [1.29, 1.82) is 0 Å². The fourth-order valence-corrected chi connectivity index (χ4v) is 10.1. The number of rotatable bonds is 2. The molecule has 1 nitrogen and oxygen atoms in total. The molecule has 5 rings (SSSR count). The second-order valence-corrected chi connectivity index (χ2v) is 19.0. The lowest BCUT2D eigenvalue weighted by molar-refractivity contribution is 0.596. The summed E-state index contributed by atoms with van der Waals surface area (Å²) in [5.74, 6) is 0. The molecule has 3 aromatic heterocycles. The molecule has 4 heteroatoms. The van der Waals surface area contributed by atoms with Crippen molar-refractivity contribution in [3.05, 3.63) is 58.0 Å². The Bertz CT molecular complexity index is 1550. The van der Waals surface area contributed by atoms with Crippen LogP contribution in [0.5, 0.6) is 0 Å². The van der Waals surface area contributed by atoms with Crippen LogP contribution in [0.4, 0.5) is 0 Å². The molecule has 5 aromatic rings. The summed E-state index contributed by atoms with van der Waals surface area (Å²) in [6, 6.07) is 13.6. The molecule has 0 N–H and O–H groups in total. The highest BCUT2D eigenvalue weighted by atomic mass is 32.1. The van der Waals surface area contributed by atoms with Crippen LogP contribution in [0, 0.1) is 20.8 Å². The maximum atomic E-state index is 5.40. The van der Waals surface area contributed by atoms with Crippen LogP contribution in [0.1, 0.15) is 42.3 Å². The number of benzene rings is 2. The van der Waals surface area contributed by atoms with Crippen LogP contribution in [-0.2, 0) is 5.41 Å². The molecule has 0 saturated carbocycles. The normalized spacial score (nSPS) is 13.0. The Morgan fingerprint density at radius 1 is 0.848 bits per heavy atom. The first kappa shape index (κ1) is 22.8. The first-order chi connectivity index (χ1) is 15.4. The summed E-state index contributed by atoms with van der Waals surface area (Å²) in [7, 11) is -1.47. The van der Waals surface area contributed by atoms with Crippen molar-refractivity contribution in [2.24, 2.45) is 0 Å². The maximum absolute atomic E-state index is 5.40. The van der Waals surface area contributed by atoms with Crippen molar-refractivity contribution >= 4 is 66.3 Å². The molecule has 0 bridgehead atoms. The minimum Gasteiger partial charge on any atom is -0.245 e. The van der Waals surface area contributed by atoms with Gasteiger partial charge < -0.3 is 0 Å². The summed E-state index contributed by atoms with van der Waals surface area (Å²) in [6.45, 7) is 21.2. The van der Waals surface area contributed by atoms with Gasteiger partial charge in [-0.2, -0.15) is 0 Å². The lowest BCUT2D eigenvalue weighted by Gasteiger charge is -2.23. The largest absolute Gasteiger partial charge is 0.245 e. The number of hydrogen-bond donors (Lipinski definition) is 0. The van der Waals surface area contributed by atoms with E-state index in [2.05, 4.69) is 97.6 Å². The lowest BCUT2D eigenvalue weighted by Crippen LogP contribution is -2.36. The molecule has 33 heavy (non-hydrogen) atoms. The summed E-state index contributed by atoms with van der Waals surface area (Å²) in [5, 5.41) is 4.09. The Balaban J connectivity index is 1.96. The van der Waals surface area contributed by atoms with Gasteiger partial charge in [-0.15, -0.1) is 22.7 Å². The summed E-state index contributed by atoms with van der Waals surface area (Å²) in [5.41, 5.74) is 7.86. The van der Waals surface area contributed by atoms with E-state index in [9.17, 15) is 0 Å². The molecular weight excluding hydrogens is 455 g/mol. The van der Waals surface area contributed by atoms with Gasteiger partial charge in [-0.1, -0.05) is 64.7 Å². The smallest absolute Gasteiger partial charge is 0.0908 e. The fraction of sp³-hybridized carbons (Fsp3) is 0.345. The molecule has 0 unspecified atom stereocenters. The van der Waals surface area contributed by atoms with Gasteiger partial charge in [-0.25, -0.2) is 4.98 Å². The minimum absolute atomic E-state index is 0.0581. The van der Waals surface area contributed by atoms with Crippen molar-refractivity contribution in [1.82, 2.24) is 4.98 Å². The van der Waals surface area contributed by atoms with Crippen LogP contribution < -0.4 is 4.50 Å². The minimum atomic E-state index is -1.47. The van der Waals surface area contributed by atoms with Gasteiger partial charge in [0.1, 0.15) is 0 Å². The third-order valence-corrected chi connectivity index (χ3v) is 13.0. The molecule has 0 aliphatic rings. The maximum Gasteiger partial charge on any atom is 0.0908 e. The molecule has 170 valence electrons. The summed E-state index contributed by atoms with van der Waals surface area (Å²) < 4.78 is 4.35. The van der Waals surface area contributed by atoms with E-state index >= 15 is 0 Å². The average molecular weight is 488 g/mol. The number of aromatic nitrogens is 1. The van der Waals surface area contributed by atoms with Crippen LogP contribution in [0.15, 0.2) is 36.4 Å². The van der Waals surface area contributed by atoms with Crippen molar-refractivity contribution < 1.29 is 0 Å². The molecule has 2 aromatic carbocycles. The second-order valence-electron chi connectivity index (χ2n) is 11.4. The van der Waals surface area contributed by atoms with E-state index in [-0.39, 0.29) is 5.41 Å². The van der Waals surface area contributed by atoms with E-state index < -0.39 is 8.07 Å². The molecule has 0 aliphatic carbocycles. The van der Waals surface area contributed by atoms with Gasteiger partial charge in [0.15, 0.2) is 0 Å². The Labute approximate surface area is 206 Å². The molecule has 0 spiro atoms. The molecular formula is C29H33NS2Si. The average Bonchev–Trinajstić information content (AvgIpc) is 3.23. The molecule has 0 atom stereocenters. The molecule has 3 heterocycles. The zero-order valence-electron chi connectivity index (χ0n) is 21.2. The molecule has 0 amide bonds. The van der Waals surface area contributed by atoms with Gasteiger partial charge in [-0.05, 0) is 70.3 Å². The Morgan fingerprint density at radius 2 is 1.55 bits per heavy atom. The van der Waals surface area contributed by atoms with Crippen LogP contribution in [0.3, 0.4) is 0 Å². The Kier molecular flexibility index (Phi) is 5.17. The van der Waals surface area contributed by atoms with Crippen molar-refractivity contribution in [3.8, 4) is 11.3 Å². The number of thiophene rings is 2. The zero-order valence-corrected chi connectivity index (χ0v) is 23.9. The molecule has 0 fully saturated rings. The van der Waals surface area contributed by atoms with E-state index in [0.717, 1.165) is 5.69 Å². The van der Waals surface area contributed by atoms with E-state index in [1.165, 1.54) is 58.2 Å². The Hall–Kier alpha value is -2.01. The number of hydrogen-bond acceptors (Lipinski definition) is 3. The predicted octanol–water partition coefficient (Wildman–Crippen LogP) is 9.10. The van der Waals surface area contributed by atoms with E-state index in [0.29, 0.717) is 0 Å². The topological polar surface area (TPSA) is 12.9 Å². The third-order valence-electron chi connectivity index (χ3n) is 6.79. The van der Waals surface area contributed by atoms with Gasteiger partial charge >= 0.3 is 0 Å². The highest BCUT2D eigenvalue weighted by Gasteiger charge is 2.28. The monoisotopic (exact) mass is 487 g/mol. The number of aryl methyl sites for hydroxylation is 3. The number of nitrogens with zero attached hydrogens (tertiary/aromatic N) is 1. The zero-order chi connectivity index (χ0) is 23.9. The third kappa shape index (κ3) is 3.58. The van der Waals surface area contributed by atoms with Crippen molar-refractivity contribution in [2.75, 3.05) is 0 Å². The summed E-state index contributed by atoms with van der Waals surface area (Å²) in [4.78, 5) is 6.78. The van der Waals surface area contributed by atoms with Crippen LogP contribution in [-0.4, -0.2) is 13.1 Å². The predicted molar refractivity (Wildman–Crippen MR) is 154 cm³/mol. The first-order valence-electron chi connectivity index (χ1n) is 11.7. The van der Waals surface area contributed by atoms with E-state index in [4.69, 9.17) is 4.98 Å². The SMILES string of the molecule is Cc1sc2c(nc(-c3cc(C(C)(C)C)c4ccccc4c3)c3sc([Si](C)(C)C)c(C)c32)c1C. The number of pyridine rings is 1. The molecule has 0 saturated heterocycles. The molecule has 0 radical (unpaired) electrons. The second kappa shape index (κ2) is 7.49. The Morgan fingerprint density at radius 3 is 2.21 bits per heavy atom. The van der Waals surface area contributed by atoms with Gasteiger partial charge in [0.05, 0.1) is 28.7 Å². The van der Waals surface area contributed by atoms with Gasteiger partial charge in [0, 0.05) is 15.8 Å². The van der Waals surface area contributed by atoms with Crippen LogP contribution >= 0.6 is 22.7 Å². The fourth-order valence-electron chi connectivity index (χ4n) is 5.01. The van der Waals surface area contributed by atoms with Crippen molar-refractivity contribution in [2.45, 2.75) is 66.6 Å². The van der Waals surface area contributed by atoms with E-state index in [1.54, 1.807) is 4.50 Å². The summed E-state index contributed by atoms with van der Waals surface area (Å²) >= 11 is 3.93. The first-order valence-corrected chi connectivity index (χ1v) is 16.9.